The fourth-order valence-corrected chi connectivity index (χ4v) is 2.25. The smallest absolute Gasteiger partial charge is 0.148 e. The van der Waals surface area contributed by atoms with E-state index < -0.39 is 5.82 Å². The lowest BCUT2D eigenvalue weighted by Gasteiger charge is -2.09. The number of halogens is 1. The van der Waals surface area contributed by atoms with Gasteiger partial charge in [0.25, 0.3) is 0 Å². The summed E-state index contributed by atoms with van der Waals surface area (Å²) in [7, 11) is 1.58. The van der Waals surface area contributed by atoms with Crippen molar-refractivity contribution < 1.29 is 14.2 Å². The molecule has 1 heterocycles. The summed E-state index contributed by atoms with van der Waals surface area (Å²) in [6.45, 7) is -0.282. The molecule has 0 radical (unpaired) electrons. The average molecular weight is 299 g/mol. The number of ether oxygens (including phenoxy) is 1. The molecule has 1 aromatic heterocycles. The first-order valence-electron chi connectivity index (χ1n) is 6.69. The molecule has 0 bridgehead atoms. The van der Waals surface area contributed by atoms with Crippen molar-refractivity contribution in [3.63, 3.8) is 0 Å². The summed E-state index contributed by atoms with van der Waals surface area (Å²) in [5.41, 5.74) is 1.97. The lowest BCUT2D eigenvalue weighted by atomic mass is 10.1. The summed E-state index contributed by atoms with van der Waals surface area (Å²) in [6.07, 6.45) is 0. The van der Waals surface area contributed by atoms with Gasteiger partial charge in [-0.3, -0.25) is 0 Å². The molecule has 5 nitrogen and oxygen atoms in total. The second-order valence-electron chi connectivity index (χ2n) is 4.63. The van der Waals surface area contributed by atoms with E-state index in [1.807, 2.05) is 12.1 Å². The van der Waals surface area contributed by atoms with Crippen molar-refractivity contribution >= 4 is 0 Å². The van der Waals surface area contributed by atoms with E-state index in [1.165, 1.54) is 10.7 Å². The molecule has 0 spiro atoms. The molecular formula is C16H14FN3O2. The number of methoxy groups -OCH3 is 1. The van der Waals surface area contributed by atoms with Crippen molar-refractivity contribution in [1.82, 2.24) is 15.0 Å². The molecule has 0 atom stereocenters. The fourth-order valence-electron chi connectivity index (χ4n) is 2.25. The molecule has 0 aliphatic rings. The minimum Gasteiger partial charge on any atom is -0.497 e. The minimum absolute atomic E-state index is 0.278. The Bertz CT molecular complexity index is 784. The highest BCUT2D eigenvalue weighted by Gasteiger charge is 2.17. The van der Waals surface area contributed by atoms with Crippen LogP contribution in [0.1, 0.15) is 5.69 Å². The number of benzene rings is 2. The molecule has 2 aromatic carbocycles. The molecule has 0 amide bonds. The van der Waals surface area contributed by atoms with Crippen molar-refractivity contribution in [2.24, 2.45) is 0 Å². The number of nitrogens with zero attached hydrogens (tertiary/aromatic N) is 3. The Morgan fingerprint density at radius 3 is 2.50 bits per heavy atom. The zero-order valence-corrected chi connectivity index (χ0v) is 11.9. The molecule has 0 fully saturated rings. The molecule has 22 heavy (non-hydrogen) atoms. The van der Waals surface area contributed by atoms with E-state index in [0.717, 1.165) is 5.56 Å². The zero-order valence-electron chi connectivity index (χ0n) is 11.9. The Labute approximate surface area is 126 Å². The molecule has 3 aromatic rings. The maximum atomic E-state index is 14.0. The van der Waals surface area contributed by atoms with E-state index in [-0.39, 0.29) is 12.3 Å². The predicted molar refractivity (Wildman–Crippen MR) is 79.2 cm³/mol. The quantitative estimate of drug-likeness (QED) is 0.804. The summed E-state index contributed by atoms with van der Waals surface area (Å²) in [5.74, 6) is 0.297. The summed E-state index contributed by atoms with van der Waals surface area (Å²) in [5, 5.41) is 17.4. The largest absolute Gasteiger partial charge is 0.497 e. The van der Waals surface area contributed by atoms with E-state index in [9.17, 15) is 9.50 Å². The van der Waals surface area contributed by atoms with Gasteiger partial charge in [-0.05, 0) is 36.4 Å². The number of hydrogen-bond acceptors (Lipinski definition) is 4. The third-order valence-electron chi connectivity index (χ3n) is 3.33. The highest BCUT2D eigenvalue weighted by atomic mass is 19.1. The van der Waals surface area contributed by atoms with Crippen LogP contribution in [0.3, 0.4) is 0 Å². The summed E-state index contributed by atoms with van der Waals surface area (Å²) >= 11 is 0. The first-order chi connectivity index (χ1) is 10.7. The first-order valence-corrected chi connectivity index (χ1v) is 6.69. The summed E-state index contributed by atoms with van der Waals surface area (Å²) < 4.78 is 20.6. The normalized spacial score (nSPS) is 10.7. The Morgan fingerprint density at radius 1 is 1.14 bits per heavy atom. The third-order valence-corrected chi connectivity index (χ3v) is 3.33. The summed E-state index contributed by atoms with van der Waals surface area (Å²) in [4.78, 5) is 0. The number of aromatic nitrogens is 3. The van der Waals surface area contributed by atoms with Gasteiger partial charge < -0.3 is 9.84 Å². The van der Waals surface area contributed by atoms with Crippen LogP contribution in [0.4, 0.5) is 4.39 Å². The van der Waals surface area contributed by atoms with Crippen molar-refractivity contribution in [2.75, 3.05) is 7.11 Å². The van der Waals surface area contributed by atoms with E-state index in [4.69, 9.17) is 4.74 Å². The van der Waals surface area contributed by atoms with Crippen molar-refractivity contribution in [3.05, 3.63) is 60.0 Å². The maximum absolute atomic E-state index is 14.0. The fraction of sp³-hybridized carbons (Fsp3) is 0.125. The van der Waals surface area contributed by atoms with E-state index in [1.54, 1.807) is 37.4 Å². The van der Waals surface area contributed by atoms with Gasteiger partial charge in [0, 0.05) is 5.56 Å². The van der Waals surface area contributed by atoms with E-state index in [0.29, 0.717) is 17.1 Å². The molecule has 0 saturated heterocycles. The van der Waals surface area contributed by atoms with Crippen LogP contribution in [-0.2, 0) is 6.61 Å². The van der Waals surface area contributed by atoms with Crippen molar-refractivity contribution in [1.29, 1.82) is 0 Å². The van der Waals surface area contributed by atoms with Gasteiger partial charge in [0.05, 0.1) is 13.7 Å². The Kier molecular flexibility index (Phi) is 3.84. The van der Waals surface area contributed by atoms with Gasteiger partial charge in [-0.1, -0.05) is 17.3 Å². The number of hydrogen-bond donors (Lipinski definition) is 1. The van der Waals surface area contributed by atoms with E-state index >= 15 is 0 Å². The third kappa shape index (κ3) is 2.44. The number of aliphatic hydroxyl groups is 1. The maximum Gasteiger partial charge on any atom is 0.148 e. The van der Waals surface area contributed by atoms with Gasteiger partial charge in [0.1, 0.15) is 28.6 Å². The summed E-state index contributed by atoms with van der Waals surface area (Å²) in [6, 6.07) is 13.5. The lowest BCUT2D eigenvalue weighted by Crippen LogP contribution is -2.02. The number of para-hydroxylation sites is 1. The van der Waals surface area contributed by atoms with Crippen molar-refractivity contribution in [3.8, 4) is 22.7 Å². The molecule has 3 rings (SSSR count). The molecule has 6 heteroatoms. The standard InChI is InChI=1S/C16H14FN3O2/c1-22-12-8-6-11(7-9-12)16-14(10-21)18-19-20(16)15-5-3-2-4-13(15)17/h2-9,21H,10H2,1H3. The first kappa shape index (κ1) is 14.2. The number of rotatable bonds is 4. The molecule has 112 valence electrons. The van der Waals surface area contributed by atoms with Gasteiger partial charge in [-0.25, -0.2) is 9.07 Å². The monoisotopic (exact) mass is 299 g/mol. The number of aliphatic hydroxyl groups excluding tert-OH is 1. The lowest BCUT2D eigenvalue weighted by molar-refractivity contribution is 0.277. The minimum atomic E-state index is -0.411. The predicted octanol–water partition coefficient (Wildman–Crippen LogP) is 2.57. The topological polar surface area (TPSA) is 60.2 Å². The van der Waals surface area contributed by atoms with Gasteiger partial charge in [0.15, 0.2) is 0 Å². The van der Waals surface area contributed by atoms with Gasteiger partial charge in [-0.15, -0.1) is 5.10 Å². The highest BCUT2D eigenvalue weighted by Crippen LogP contribution is 2.27. The van der Waals surface area contributed by atoms with Crippen LogP contribution in [-0.4, -0.2) is 27.2 Å². The van der Waals surface area contributed by atoms with Gasteiger partial charge in [0.2, 0.25) is 0 Å². The van der Waals surface area contributed by atoms with Crippen LogP contribution < -0.4 is 4.74 Å². The van der Waals surface area contributed by atoms with Crippen LogP contribution in [0.2, 0.25) is 0 Å². The van der Waals surface area contributed by atoms with Crippen LogP contribution in [0.25, 0.3) is 16.9 Å². The Hall–Kier alpha value is -2.73. The Balaban J connectivity index is 2.17. The molecule has 0 unspecified atom stereocenters. The molecular weight excluding hydrogens is 285 g/mol. The van der Waals surface area contributed by atoms with E-state index in [2.05, 4.69) is 10.3 Å². The van der Waals surface area contributed by atoms with Crippen LogP contribution in [0.5, 0.6) is 5.75 Å². The SMILES string of the molecule is COc1ccc(-c2c(CO)nnn2-c2ccccc2F)cc1. The molecule has 0 aliphatic heterocycles. The molecule has 0 saturated carbocycles. The van der Waals surface area contributed by atoms with Gasteiger partial charge in [-0.2, -0.15) is 0 Å². The molecule has 0 aliphatic carbocycles. The second-order valence-corrected chi connectivity index (χ2v) is 4.63. The second kappa shape index (κ2) is 5.95. The highest BCUT2D eigenvalue weighted by molar-refractivity contribution is 5.65. The molecule has 1 N–H and O–H groups in total. The van der Waals surface area contributed by atoms with Gasteiger partial charge >= 0.3 is 0 Å². The Morgan fingerprint density at radius 2 is 1.86 bits per heavy atom. The van der Waals surface area contributed by atoms with Crippen LogP contribution in [0, 0.1) is 5.82 Å². The average Bonchev–Trinajstić information content (AvgIpc) is 2.99. The van der Waals surface area contributed by atoms with Crippen LogP contribution >= 0.6 is 0 Å². The van der Waals surface area contributed by atoms with Crippen LogP contribution in [0.15, 0.2) is 48.5 Å². The van der Waals surface area contributed by atoms with Crippen molar-refractivity contribution in [2.45, 2.75) is 6.61 Å². The zero-order chi connectivity index (χ0) is 15.5.